The molecule has 0 amide bonds. The van der Waals surface area contributed by atoms with Crippen molar-refractivity contribution in [2.75, 3.05) is 5.73 Å². The van der Waals surface area contributed by atoms with Gasteiger partial charge in [0.15, 0.2) is 0 Å². The van der Waals surface area contributed by atoms with Gasteiger partial charge in [0, 0.05) is 11.4 Å². The molecule has 3 aromatic rings. The minimum atomic E-state index is 0.501. The van der Waals surface area contributed by atoms with Crippen molar-refractivity contribution in [3.63, 3.8) is 0 Å². The first-order valence-electron chi connectivity index (χ1n) is 6.27. The number of fused-ring (bicyclic) bond motifs is 3. The molecule has 0 radical (unpaired) electrons. The van der Waals surface area contributed by atoms with Gasteiger partial charge in [-0.2, -0.15) is 0 Å². The molecule has 0 saturated heterocycles. The third kappa shape index (κ3) is 1.20. The number of nitrogens with two attached hydrogens (primary N) is 1. The average Bonchev–Trinajstić information content (AvgIpc) is 2.98. The number of aromatic nitrogens is 3. The Bertz CT molecular complexity index is 759. The average molecular weight is 238 g/mol. The molecule has 2 heterocycles. The standard InChI is InChI=1S/C14H14N4/c1-8-6-12(8)18-13-9-4-2-3-5-10(9)16-7-11(13)17-14(18)15/h2-5,7-8,12H,6H2,1H3,(H2,15,17). The lowest BCUT2D eigenvalue weighted by Gasteiger charge is -2.06. The fraction of sp³-hybridized carbons (Fsp3) is 0.286. The number of nitrogens with zero attached hydrogens (tertiary/aromatic N) is 3. The van der Waals surface area contributed by atoms with Crippen LogP contribution in [0.2, 0.25) is 0 Å². The molecule has 1 aliphatic rings. The van der Waals surface area contributed by atoms with E-state index in [4.69, 9.17) is 5.73 Å². The van der Waals surface area contributed by atoms with Crippen molar-refractivity contribution in [3.05, 3.63) is 30.5 Å². The summed E-state index contributed by atoms with van der Waals surface area (Å²) in [5.74, 6) is 1.30. The molecule has 0 bridgehead atoms. The summed E-state index contributed by atoms with van der Waals surface area (Å²) in [6.45, 7) is 2.25. The maximum Gasteiger partial charge on any atom is 0.201 e. The summed E-state index contributed by atoms with van der Waals surface area (Å²) in [6, 6.07) is 8.66. The predicted octanol–water partition coefficient (Wildman–Crippen LogP) is 2.75. The van der Waals surface area contributed by atoms with Crippen molar-refractivity contribution in [2.45, 2.75) is 19.4 Å². The molecule has 1 aliphatic carbocycles. The Hall–Kier alpha value is -2.10. The summed E-state index contributed by atoms with van der Waals surface area (Å²) in [5, 5.41) is 1.14. The van der Waals surface area contributed by atoms with Crippen molar-refractivity contribution in [3.8, 4) is 0 Å². The highest BCUT2D eigenvalue weighted by molar-refractivity contribution is 6.03. The quantitative estimate of drug-likeness (QED) is 0.709. The predicted molar refractivity (Wildman–Crippen MR) is 72.3 cm³/mol. The number of benzene rings is 1. The molecular formula is C14H14N4. The maximum atomic E-state index is 6.07. The third-order valence-electron chi connectivity index (χ3n) is 3.85. The Morgan fingerprint density at radius 2 is 2.06 bits per heavy atom. The van der Waals surface area contributed by atoms with E-state index in [-0.39, 0.29) is 0 Å². The van der Waals surface area contributed by atoms with Gasteiger partial charge in [0.1, 0.15) is 5.52 Å². The molecule has 90 valence electrons. The molecule has 4 rings (SSSR count). The van der Waals surface area contributed by atoms with Gasteiger partial charge in [0.05, 0.1) is 17.2 Å². The van der Waals surface area contributed by atoms with Gasteiger partial charge in [0.25, 0.3) is 0 Å². The van der Waals surface area contributed by atoms with Crippen molar-refractivity contribution < 1.29 is 0 Å². The van der Waals surface area contributed by atoms with Crippen molar-refractivity contribution >= 4 is 27.9 Å². The van der Waals surface area contributed by atoms with E-state index >= 15 is 0 Å². The van der Waals surface area contributed by atoms with E-state index < -0.39 is 0 Å². The van der Waals surface area contributed by atoms with E-state index in [0.717, 1.165) is 21.9 Å². The van der Waals surface area contributed by atoms with E-state index in [2.05, 4.69) is 27.5 Å². The van der Waals surface area contributed by atoms with Gasteiger partial charge in [-0.3, -0.25) is 4.98 Å². The van der Waals surface area contributed by atoms with Crippen LogP contribution in [0.1, 0.15) is 19.4 Å². The van der Waals surface area contributed by atoms with E-state index in [1.807, 2.05) is 24.4 Å². The van der Waals surface area contributed by atoms with E-state index in [1.54, 1.807) is 0 Å². The van der Waals surface area contributed by atoms with Gasteiger partial charge in [-0.25, -0.2) is 4.98 Å². The zero-order chi connectivity index (χ0) is 12.3. The van der Waals surface area contributed by atoms with Crippen LogP contribution in [0.3, 0.4) is 0 Å². The number of hydrogen-bond donors (Lipinski definition) is 1. The molecule has 2 N–H and O–H groups in total. The van der Waals surface area contributed by atoms with Gasteiger partial charge in [0.2, 0.25) is 5.95 Å². The summed E-state index contributed by atoms with van der Waals surface area (Å²) < 4.78 is 2.18. The first-order chi connectivity index (χ1) is 8.75. The minimum Gasteiger partial charge on any atom is -0.369 e. The molecule has 0 spiro atoms. The van der Waals surface area contributed by atoms with Crippen LogP contribution in [0.15, 0.2) is 30.5 Å². The number of nitrogen functional groups attached to an aromatic ring is 1. The summed E-state index contributed by atoms with van der Waals surface area (Å²) in [5.41, 5.74) is 9.10. The van der Waals surface area contributed by atoms with E-state index in [9.17, 15) is 0 Å². The van der Waals surface area contributed by atoms with Crippen molar-refractivity contribution in [2.24, 2.45) is 5.92 Å². The highest BCUT2D eigenvalue weighted by Gasteiger charge is 2.37. The molecule has 1 saturated carbocycles. The number of imidazole rings is 1. The smallest absolute Gasteiger partial charge is 0.201 e. The Morgan fingerprint density at radius 1 is 1.28 bits per heavy atom. The number of hydrogen-bond acceptors (Lipinski definition) is 3. The van der Waals surface area contributed by atoms with E-state index in [1.165, 1.54) is 6.42 Å². The Kier molecular flexibility index (Phi) is 1.77. The number of rotatable bonds is 1. The Morgan fingerprint density at radius 3 is 2.83 bits per heavy atom. The van der Waals surface area contributed by atoms with Gasteiger partial charge in [-0.15, -0.1) is 0 Å². The van der Waals surface area contributed by atoms with Gasteiger partial charge < -0.3 is 10.3 Å². The van der Waals surface area contributed by atoms with Gasteiger partial charge in [-0.1, -0.05) is 25.1 Å². The largest absolute Gasteiger partial charge is 0.369 e. The SMILES string of the molecule is CC1CC1n1c(N)nc2cnc3ccccc3c21. The number of anilines is 1. The molecule has 1 aromatic carbocycles. The first-order valence-corrected chi connectivity index (χ1v) is 6.27. The molecule has 2 atom stereocenters. The summed E-state index contributed by atoms with van der Waals surface area (Å²) in [4.78, 5) is 8.87. The van der Waals surface area contributed by atoms with Crippen LogP contribution in [0.5, 0.6) is 0 Å². The van der Waals surface area contributed by atoms with Crippen LogP contribution < -0.4 is 5.73 Å². The summed E-state index contributed by atoms with van der Waals surface area (Å²) in [6.07, 6.45) is 3.00. The maximum absolute atomic E-state index is 6.07. The number of para-hydroxylation sites is 1. The fourth-order valence-electron chi connectivity index (χ4n) is 2.74. The highest BCUT2D eigenvalue weighted by Crippen LogP contribution is 2.46. The second-order valence-corrected chi connectivity index (χ2v) is 5.13. The van der Waals surface area contributed by atoms with Crippen molar-refractivity contribution in [1.29, 1.82) is 0 Å². The normalized spacial score (nSPS) is 22.7. The molecule has 0 aliphatic heterocycles. The molecule has 18 heavy (non-hydrogen) atoms. The second kappa shape index (κ2) is 3.22. The topological polar surface area (TPSA) is 56.7 Å². The summed E-state index contributed by atoms with van der Waals surface area (Å²) >= 11 is 0. The molecule has 4 heteroatoms. The zero-order valence-electron chi connectivity index (χ0n) is 10.2. The van der Waals surface area contributed by atoms with Crippen molar-refractivity contribution in [1.82, 2.24) is 14.5 Å². The second-order valence-electron chi connectivity index (χ2n) is 5.13. The van der Waals surface area contributed by atoms with Crippen LogP contribution >= 0.6 is 0 Å². The Labute approximate surface area is 104 Å². The lowest BCUT2D eigenvalue weighted by molar-refractivity contribution is 0.716. The third-order valence-corrected chi connectivity index (χ3v) is 3.85. The molecule has 2 aromatic heterocycles. The first kappa shape index (κ1) is 9.88. The van der Waals surface area contributed by atoms with Gasteiger partial charge >= 0.3 is 0 Å². The van der Waals surface area contributed by atoms with Crippen LogP contribution in [-0.4, -0.2) is 14.5 Å². The van der Waals surface area contributed by atoms with Crippen LogP contribution in [0, 0.1) is 5.92 Å². The minimum absolute atomic E-state index is 0.501. The lowest BCUT2D eigenvalue weighted by Crippen LogP contribution is -2.02. The lowest BCUT2D eigenvalue weighted by atomic mass is 10.2. The molecule has 2 unspecified atom stereocenters. The van der Waals surface area contributed by atoms with Crippen LogP contribution in [-0.2, 0) is 0 Å². The number of pyridine rings is 1. The van der Waals surface area contributed by atoms with Gasteiger partial charge in [-0.05, 0) is 18.4 Å². The van der Waals surface area contributed by atoms with Crippen LogP contribution in [0.25, 0.3) is 21.9 Å². The zero-order valence-corrected chi connectivity index (χ0v) is 10.2. The molecule has 1 fully saturated rings. The molecular weight excluding hydrogens is 224 g/mol. The summed E-state index contributed by atoms with van der Waals surface area (Å²) in [7, 11) is 0. The fourth-order valence-corrected chi connectivity index (χ4v) is 2.74. The monoisotopic (exact) mass is 238 g/mol. The highest BCUT2D eigenvalue weighted by atomic mass is 15.2. The Balaban J connectivity index is 2.15. The van der Waals surface area contributed by atoms with Crippen LogP contribution in [0.4, 0.5) is 5.95 Å². The van der Waals surface area contributed by atoms with E-state index in [0.29, 0.717) is 17.9 Å². The molecule has 4 nitrogen and oxygen atoms in total.